The van der Waals surface area contributed by atoms with E-state index in [0.29, 0.717) is 23.5 Å². The molecule has 8 heteroatoms. The summed E-state index contributed by atoms with van der Waals surface area (Å²) in [4.78, 5) is 13.2. The van der Waals surface area contributed by atoms with Gasteiger partial charge in [-0.2, -0.15) is 13.2 Å². The summed E-state index contributed by atoms with van der Waals surface area (Å²) >= 11 is 0. The fourth-order valence-electron chi connectivity index (χ4n) is 2.68. The monoisotopic (exact) mass is 309 g/mol. The number of nitrogen functional groups attached to an aromatic ring is 1. The third kappa shape index (κ3) is 2.68. The van der Waals surface area contributed by atoms with Crippen molar-refractivity contribution in [2.75, 3.05) is 17.2 Å². The topological polar surface area (TPSA) is 67.9 Å². The molecule has 2 N–H and O–H groups in total. The Labute approximate surface area is 125 Å². The summed E-state index contributed by atoms with van der Waals surface area (Å²) < 4.78 is 40.5. The third-order valence-electron chi connectivity index (χ3n) is 3.75. The normalized spacial score (nSPS) is 18.7. The Morgan fingerprint density at radius 3 is 2.68 bits per heavy atom. The molecular formula is C14H14F3N5. The predicted octanol–water partition coefficient (Wildman–Crippen LogP) is 1.99. The molecule has 2 aromatic rings. The second-order valence-corrected chi connectivity index (χ2v) is 5.08. The number of nitrogens with two attached hydrogens (primary N) is 1. The fraction of sp³-hybridized carbons (Fsp3) is 0.357. The van der Waals surface area contributed by atoms with Gasteiger partial charge >= 0.3 is 6.18 Å². The van der Waals surface area contributed by atoms with Gasteiger partial charge in [-0.25, -0.2) is 15.0 Å². The van der Waals surface area contributed by atoms with Crippen molar-refractivity contribution in [1.29, 1.82) is 0 Å². The predicted molar refractivity (Wildman–Crippen MR) is 75.3 cm³/mol. The highest BCUT2D eigenvalue weighted by Crippen LogP contribution is 2.33. The van der Waals surface area contributed by atoms with E-state index in [2.05, 4.69) is 15.0 Å². The first-order chi connectivity index (χ1) is 10.5. The molecule has 0 aromatic carbocycles. The molecule has 116 valence electrons. The lowest BCUT2D eigenvalue weighted by Crippen LogP contribution is -2.47. The molecule has 0 radical (unpaired) electrons. The van der Waals surface area contributed by atoms with Gasteiger partial charge in [0.1, 0.15) is 24.0 Å². The zero-order chi connectivity index (χ0) is 15.7. The van der Waals surface area contributed by atoms with Crippen molar-refractivity contribution in [3.8, 4) is 0 Å². The van der Waals surface area contributed by atoms with E-state index >= 15 is 0 Å². The van der Waals surface area contributed by atoms with Crippen molar-refractivity contribution >= 4 is 11.6 Å². The van der Waals surface area contributed by atoms with Gasteiger partial charge in [0, 0.05) is 24.7 Å². The number of fused-ring (bicyclic) bond motifs is 1. The Morgan fingerprint density at radius 2 is 2.00 bits per heavy atom. The number of hydrogen-bond donors (Lipinski definition) is 1. The fourth-order valence-corrected chi connectivity index (χ4v) is 2.68. The number of nitrogens with zero attached hydrogens (tertiary/aromatic N) is 4. The molecule has 1 atom stereocenters. The maximum Gasteiger partial charge on any atom is 0.409 e. The average molecular weight is 309 g/mol. The van der Waals surface area contributed by atoms with Crippen LogP contribution in [0.5, 0.6) is 0 Å². The molecule has 0 spiro atoms. The van der Waals surface area contributed by atoms with Crippen LogP contribution in [0.4, 0.5) is 24.8 Å². The smallest absolute Gasteiger partial charge is 0.383 e. The molecule has 22 heavy (non-hydrogen) atoms. The molecule has 3 rings (SSSR count). The summed E-state index contributed by atoms with van der Waals surface area (Å²) in [6.07, 6.45) is -1.61. The second kappa shape index (κ2) is 5.43. The van der Waals surface area contributed by atoms with E-state index in [9.17, 15) is 13.2 Å². The molecule has 1 aliphatic rings. The van der Waals surface area contributed by atoms with E-state index in [0.717, 1.165) is 0 Å². The minimum absolute atomic E-state index is 0.158. The zero-order valence-corrected chi connectivity index (χ0v) is 11.6. The number of anilines is 2. The van der Waals surface area contributed by atoms with E-state index in [1.165, 1.54) is 17.4 Å². The molecule has 0 fully saturated rings. The van der Waals surface area contributed by atoms with Crippen LogP contribution in [0.15, 0.2) is 30.7 Å². The SMILES string of the molecule is Nc1ncnc2c1CCN(c1ccccn1)C(C(F)(F)F)C2. The number of hydrogen-bond acceptors (Lipinski definition) is 5. The van der Waals surface area contributed by atoms with Gasteiger partial charge in [0.15, 0.2) is 0 Å². The van der Waals surface area contributed by atoms with Gasteiger partial charge in [0.05, 0.1) is 5.69 Å². The summed E-state index contributed by atoms with van der Waals surface area (Å²) in [6, 6.07) is 3.23. The molecule has 5 nitrogen and oxygen atoms in total. The first kappa shape index (κ1) is 14.6. The Morgan fingerprint density at radius 1 is 1.18 bits per heavy atom. The molecule has 0 amide bonds. The van der Waals surface area contributed by atoms with Gasteiger partial charge in [-0.15, -0.1) is 0 Å². The van der Waals surface area contributed by atoms with E-state index < -0.39 is 12.2 Å². The van der Waals surface area contributed by atoms with E-state index in [-0.39, 0.29) is 18.8 Å². The Balaban J connectivity index is 2.03. The Hall–Kier alpha value is -2.38. The highest BCUT2D eigenvalue weighted by molar-refractivity contribution is 5.47. The van der Waals surface area contributed by atoms with Crippen molar-refractivity contribution in [2.45, 2.75) is 25.1 Å². The zero-order valence-electron chi connectivity index (χ0n) is 11.6. The maximum absolute atomic E-state index is 13.5. The largest absolute Gasteiger partial charge is 0.409 e. The van der Waals surface area contributed by atoms with Gasteiger partial charge in [0.2, 0.25) is 0 Å². The summed E-state index contributed by atoms with van der Waals surface area (Å²) in [5.41, 5.74) is 6.73. The highest BCUT2D eigenvalue weighted by Gasteiger charge is 2.45. The van der Waals surface area contributed by atoms with Crippen molar-refractivity contribution < 1.29 is 13.2 Å². The second-order valence-electron chi connectivity index (χ2n) is 5.08. The van der Waals surface area contributed by atoms with Gasteiger partial charge in [-0.1, -0.05) is 6.07 Å². The highest BCUT2D eigenvalue weighted by atomic mass is 19.4. The minimum Gasteiger partial charge on any atom is -0.383 e. The van der Waals surface area contributed by atoms with Gasteiger partial charge in [-0.05, 0) is 18.6 Å². The van der Waals surface area contributed by atoms with Crippen LogP contribution in [0.1, 0.15) is 11.3 Å². The van der Waals surface area contributed by atoms with Crippen molar-refractivity contribution in [3.05, 3.63) is 42.0 Å². The minimum atomic E-state index is -4.39. The van der Waals surface area contributed by atoms with E-state index in [1.54, 1.807) is 18.2 Å². The molecule has 1 aliphatic heterocycles. The number of alkyl halides is 3. The molecule has 3 heterocycles. The number of pyridine rings is 1. The van der Waals surface area contributed by atoms with Crippen LogP contribution in [0.25, 0.3) is 0 Å². The van der Waals surface area contributed by atoms with E-state index in [4.69, 9.17) is 5.73 Å². The van der Waals surface area contributed by atoms with Crippen molar-refractivity contribution in [3.63, 3.8) is 0 Å². The van der Waals surface area contributed by atoms with Crippen LogP contribution in [0.3, 0.4) is 0 Å². The van der Waals surface area contributed by atoms with Gasteiger partial charge in [-0.3, -0.25) is 0 Å². The molecule has 0 saturated carbocycles. The van der Waals surface area contributed by atoms with Crippen molar-refractivity contribution in [2.24, 2.45) is 0 Å². The standard InChI is InChI=1S/C14H14F3N5/c15-14(16,17)11-7-10-9(13(18)21-8-20-10)4-6-22(11)12-3-1-2-5-19-12/h1-3,5,8,11H,4,6-7H2,(H2,18,20,21). The van der Waals surface area contributed by atoms with Gasteiger partial charge in [0.25, 0.3) is 0 Å². The summed E-state index contributed by atoms with van der Waals surface area (Å²) in [5, 5.41) is 0. The summed E-state index contributed by atoms with van der Waals surface area (Å²) in [7, 11) is 0. The van der Waals surface area contributed by atoms with Crippen LogP contribution >= 0.6 is 0 Å². The van der Waals surface area contributed by atoms with Crippen molar-refractivity contribution in [1.82, 2.24) is 15.0 Å². The molecule has 0 aliphatic carbocycles. The lowest BCUT2D eigenvalue weighted by atomic mass is 10.1. The molecule has 1 unspecified atom stereocenters. The first-order valence-electron chi connectivity index (χ1n) is 6.79. The van der Waals surface area contributed by atoms with E-state index in [1.807, 2.05) is 0 Å². The maximum atomic E-state index is 13.5. The van der Waals surface area contributed by atoms with Crippen LogP contribution in [0, 0.1) is 0 Å². The van der Waals surface area contributed by atoms with Crippen LogP contribution in [-0.2, 0) is 12.8 Å². The molecular weight excluding hydrogens is 295 g/mol. The number of aromatic nitrogens is 3. The Bertz CT molecular complexity index is 659. The summed E-state index contributed by atoms with van der Waals surface area (Å²) in [6.45, 7) is 0.158. The average Bonchev–Trinajstić information content (AvgIpc) is 2.68. The number of halogens is 3. The van der Waals surface area contributed by atoms with Gasteiger partial charge < -0.3 is 10.6 Å². The third-order valence-corrected chi connectivity index (χ3v) is 3.75. The summed E-state index contributed by atoms with van der Waals surface area (Å²) in [5.74, 6) is 0.540. The number of rotatable bonds is 1. The lowest BCUT2D eigenvalue weighted by Gasteiger charge is -2.32. The van der Waals surface area contributed by atoms with Crippen LogP contribution in [0.2, 0.25) is 0 Å². The molecule has 0 saturated heterocycles. The first-order valence-corrected chi connectivity index (χ1v) is 6.79. The Kier molecular flexibility index (Phi) is 3.59. The quantitative estimate of drug-likeness (QED) is 0.872. The molecule has 2 aromatic heterocycles. The lowest BCUT2D eigenvalue weighted by molar-refractivity contribution is -0.148. The van der Waals surface area contributed by atoms with Crippen LogP contribution < -0.4 is 10.6 Å². The van der Waals surface area contributed by atoms with Crippen LogP contribution in [-0.4, -0.2) is 33.7 Å². The molecule has 0 bridgehead atoms.